The number of hydrogen-bond acceptors (Lipinski definition) is 3. The number of nitrogens with zero attached hydrogens (tertiary/aromatic N) is 2. The van der Waals surface area contributed by atoms with Gasteiger partial charge in [0.25, 0.3) is 5.91 Å². The van der Waals surface area contributed by atoms with Gasteiger partial charge in [-0.1, -0.05) is 48.5 Å². The third-order valence-electron chi connectivity index (χ3n) is 4.24. The fourth-order valence-electron chi connectivity index (χ4n) is 3.09. The molecule has 2 heterocycles. The first-order valence-corrected chi connectivity index (χ1v) is 8.43. The van der Waals surface area contributed by atoms with Crippen molar-refractivity contribution in [2.75, 3.05) is 4.90 Å². The number of para-hydroxylation sites is 1. The SMILES string of the molecule is O=C1[C@H](c2ccccc2)N(Cc2ccco2)C(=S)N1c1ccccc1. The van der Waals surface area contributed by atoms with Gasteiger partial charge >= 0.3 is 0 Å². The number of thiocarbonyl (C=S) groups is 1. The zero-order chi connectivity index (χ0) is 17.2. The first-order valence-electron chi connectivity index (χ1n) is 8.02. The highest BCUT2D eigenvalue weighted by Gasteiger charge is 2.44. The highest BCUT2D eigenvalue weighted by Crippen LogP contribution is 2.35. The molecule has 124 valence electrons. The van der Waals surface area contributed by atoms with E-state index < -0.39 is 6.04 Å². The van der Waals surface area contributed by atoms with Crippen molar-refractivity contribution < 1.29 is 9.21 Å². The van der Waals surface area contributed by atoms with Gasteiger partial charge in [0, 0.05) is 0 Å². The van der Waals surface area contributed by atoms with Gasteiger partial charge in [0.15, 0.2) is 5.11 Å². The molecule has 4 nitrogen and oxygen atoms in total. The molecule has 0 bridgehead atoms. The number of furan rings is 1. The summed E-state index contributed by atoms with van der Waals surface area (Å²) in [6.45, 7) is 0.445. The average molecular weight is 348 g/mol. The minimum Gasteiger partial charge on any atom is -0.467 e. The standard InChI is InChI=1S/C20H16N2O2S/c23-19-18(15-8-3-1-4-9-15)21(14-17-12-7-13-24-17)20(25)22(19)16-10-5-2-6-11-16/h1-13,18H,14H2/t18-/m0/s1. The lowest BCUT2D eigenvalue weighted by molar-refractivity contribution is -0.120. The topological polar surface area (TPSA) is 36.7 Å². The van der Waals surface area contributed by atoms with Crippen LogP contribution in [-0.4, -0.2) is 15.9 Å². The van der Waals surface area contributed by atoms with Crippen molar-refractivity contribution in [1.29, 1.82) is 0 Å². The first-order chi connectivity index (χ1) is 12.3. The van der Waals surface area contributed by atoms with Gasteiger partial charge in [0.1, 0.15) is 11.8 Å². The number of carbonyl (C=O) groups is 1. The molecule has 0 spiro atoms. The van der Waals surface area contributed by atoms with Crippen LogP contribution in [0.4, 0.5) is 5.69 Å². The third-order valence-corrected chi connectivity index (χ3v) is 4.66. The Kier molecular flexibility index (Phi) is 4.07. The molecule has 1 aliphatic rings. The fourth-order valence-corrected chi connectivity index (χ4v) is 3.46. The van der Waals surface area contributed by atoms with E-state index in [1.165, 1.54) is 0 Å². The van der Waals surface area contributed by atoms with E-state index in [9.17, 15) is 4.79 Å². The number of carbonyl (C=O) groups excluding carboxylic acids is 1. The van der Waals surface area contributed by atoms with Crippen LogP contribution in [0.5, 0.6) is 0 Å². The smallest absolute Gasteiger partial charge is 0.260 e. The Bertz CT molecular complexity index is 879. The Morgan fingerprint density at radius 3 is 2.24 bits per heavy atom. The van der Waals surface area contributed by atoms with Crippen molar-refractivity contribution >= 4 is 28.9 Å². The van der Waals surface area contributed by atoms with Gasteiger partial charge in [-0.3, -0.25) is 9.69 Å². The van der Waals surface area contributed by atoms with E-state index in [-0.39, 0.29) is 5.91 Å². The van der Waals surface area contributed by atoms with Gasteiger partial charge in [-0.25, -0.2) is 0 Å². The molecule has 0 N–H and O–H groups in total. The van der Waals surface area contributed by atoms with E-state index >= 15 is 0 Å². The molecule has 5 heteroatoms. The minimum atomic E-state index is -0.459. The van der Waals surface area contributed by atoms with Crippen LogP contribution in [-0.2, 0) is 11.3 Å². The maximum Gasteiger partial charge on any atom is 0.260 e. The number of amides is 1. The molecule has 2 aromatic carbocycles. The van der Waals surface area contributed by atoms with Crippen LogP contribution in [0.15, 0.2) is 83.5 Å². The van der Waals surface area contributed by atoms with Crippen molar-refractivity contribution in [1.82, 2.24) is 4.90 Å². The lowest BCUT2D eigenvalue weighted by Gasteiger charge is -2.23. The average Bonchev–Trinajstić information content (AvgIpc) is 3.24. The van der Waals surface area contributed by atoms with E-state index in [4.69, 9.17) is 16.6 Å². The monoisotopic (exact) mass is 348 g/mol. The van der Waals surface area contributed by atoms with Crippen molar-refractivity contribution in [2.24, 2.45) is 0 Å². The normalized spacial score (nSPS) is 17.4. The minimum absolute atomic E-state index is 0.0473. The van der Waals surface area contributed by atoms with Crippen LogP contribution >= 0.6 is 12.2 Å². The lowest BCUT2D eigenvalue weighted by Crippen LogP contribution is -2.32. The summed E-state index contributed by atoms with van der Waals surface area (Å²) in [6, 6.07) is 22.5. The third kappa shape index (κ3) is 2.83. The Morgan fingerprint density at radius 1 is 0.920 bits per heavy atom. The summed E-state index contributed by atoms with van der Waals surface area (Å²) in [5.41, 5.74) is 1.69. The summed E-state index contributed by atoms with van der Waals surface area (Å²) < 4.78 is 5.47. The second kappa shape index (κ2) is 6.53. The van der Waals surface area contributed by atoms with Crippen molar-refractivity contribution in [3.63, 3.8) is 0 Å². The maximum atomic E-state index is 13.2. The van der Waals surface area contributed by atoms with Gasteiger partial charge in [-0.2, -0.15) is 0 Å². The van der Waals surface area contributed by atoms with E-state index in [1.807, 2.05) is 77.7 Å². The van der Waals surface area contributed by atoms with Crippen LogP contribution in [0, 0.1) is 0 Å². The second-order valence-corrected chi connectivity index (χ2v) is 6.18. The summed E-state index contributed by atoms with van der Waals surface area (Å²) in [5.74, 6) is 0.722. The van der Waals surface area contributed by atoms with Crippen molar-refractivity contribution in [3.05, 3.63) is 90.4 Å². The molecule has 3 aromatic rings. The molecular formula is C20H16N2O2S. The van der Waals surface area contributed by atoms with Gasteiger partial charge in [0.05, 0.1) is 18.5 Å². The van der Waals surface area contributed by atoms with Gasteiger partial charge < -0.3 is 9.32 Å². The molecule has 1 saturated heterocycles. The fraction of sp³-hybridized carbons (Fsp3) is 0.100. The number of rotatable bonds is 4. The summed E-state index contributed by atoms with van der Waals surface area (Å²) >= 11 is 5.66. The van der Waals surface area contributed by atoms with Crippen LogP contribution in [0.3, 0.4) is 0 Å². The molecule has 1 aromatic heterocycles. The molecule has 25 heavy (non-hydrogen) atoms. The molecular weight excluding hydrogens is 332 g/mol. The summed E-state index contributed by atoms with van der Waals surface area (Å²) in [5, 5.41) is 0.487. The maximum absolute atomic E-state index is 13.2. The van der Waals surface area contributed by atoms with Crippen LogP contribution < -0.4 is 4.90 Å². The van der Waals surface area contributed by atoms with E-state index in [2.05, 4.69) is 0 Å². The highest BCUT2D eigenvalue weighted by molar-refractivity contribution is 7.80. The molecule has 0 saturated carbocycles. The zero-order valence-corrected chi connectivity index (χ0v) is 14.2. The predicted octanol–water partition coefficient (Wildman–Crippen LogP) is 4.15. The molecule has 0 radical (unpaired) electrons. The Morgan fingerprint density at radius 2 is 1.60 bits per heavy atom. The van der Waals surface area contributed by atoms with Gasteiger partial charge in [-0.15, -0.1) is 0 Å². The molecule has 4 rings (SSSR count). The van der Waals surface area contributed by atoms with E-state index in [0.29, 0.717) is 11.7 Å². The Hall–Kier alpha value is -2.92. The number of anilines is 1. The quantitative estimate of drug-likeness (QED) is 0.664. The van der Waals surface area contributed by atoms with Crippen molar-refractivity contribution in [2.45, 2.75) is 12.6 Å². The van der Waals surface area contributed by atoms with Gasteiger partial charge in [-0.05, 0) is 42.0 Å². The van der Waals surface area contributed by atoms with Crippen LogP contribution in [0.25, 0.3) is 0 Å². The van der Waals surface area contributed by atoms with Crippen LogP contribution in [0.2, 0.25) is 0 Å². The largest absolute Gasteiger partial charge is 0.467 e. The molecule has 1 fully saturated rings. The van der Waals surface area contributed by atoms with E-state index in [1.54, 1.807) is 11.2 Å². The molecule has 0 aliphatic carbocycles. The molecule has 1 atom stereocenters. The van der Waals surface area contributed by atoms with E-state index in [0.717, 1.165) is 17.0 Å². The Balaban J connectivity index is 1.76. The van der Waals surface area contributed by atoms with Gasteiger partial charge in [0.2, 0.25) is 0 Å². The first kappa shape index (κ1) is 15.6. The predicted molar refractivity (Wildman–Crippen MR) is 100.0 cm³/mol. The highest BCUT2D eigenvalue weighted by atomic mass is 32.1. The molecule has 0 unspecified atom stereocenters. The number of hydrogen-bond donors (Lipinski definition) is 0. The summed E-state index contributed by atoms with van der Waals surface area (Å²) in [7, 11) is 0. The summed E-state index contributed by atoms with van der Waals surface area (Å²) in [4.78, 5) is 16.7. The summed E-state index contributed by atoms with van der Waals surface area (Å²) in [6.07, 6.45) is 1.63. The molecule has 1 aliphatic heterocycles. The Labute approximate surface area is 151 Å². The lowest BCUT2D eigenvalue weighted by atomic mass is 10.1. The zero-order valence-electron chi connectivity index (χ0n) is 13.4. The van der Waals surface area contributed by atoms with Crippen molar-refractivity contribution in [3.8, 4) is 0 Å². The molecule has 1 amide bonds. The number of benzene rings is 2. The second-order valence-electron chi connectivity index (χ2n) is 5.81. The van der Waals surface area contributed by atoms with Crippen LogP contribution in [0.1, 0.15) is 17.4 Å².